The average Bonchev–Trinajstić information content (AvgIpc) is 2.36. The Morgan fingerprint density at radius 1 is 1.47 bits per heavy atom. The quantitative estimate of drug-likeness (QED) is 0.529. The van der Waals surface area contributed by atoms with Crippen LogP contribution in [0, 0.1) is 17.2 Å². The minimum absolute atomic E-state index is 0.0391. The lowest BCUT2D eigenvalue weighted by molar-refractivity contribution is -0.147. The maximum atomic E-state index is 11.3. The summed E-state index contributed by atoms with van der Waals surface area (Å²) in [5.74, 6) is -0.361. The number of carbonyl (C=O) groups is 2. The number of rotatable bonds is 4. The Kier molecular flexibility index (Phi) is 5.43. The molecule has 0 unspecified atom stereocenters. The van der Waals surface area contributed by atoms with Gasteiger partial charge in [-0.25, -0.2) is 0 Å². The van der Waals surface area contributed by atoms with Gasteiger partial charge in [-0.3, -0.25) is 14.5 Å². The van der Waals surface area contributed by atoms with Crippen molar-refractivity contribution in [2.45, 2.75) is 12.8 Å². The molecule has 1 rings (SSSR count). The highest BCUT2D eigenvalue weighted by Gasteiger charge is 2.26. The minimum Gasteiger partial charge on any atom is -0.469 e. The topological polar surface area (TPSA) is 82.4 Å². The fourth-order valence-electron chi connectivity index (χ4n) is 1.89. The second kappa shape index (κ2) is 6.86. The standard InChI is InChI=1S/C11H17N3O3/c1-17-11(16)9-2-6-14(7-3-9)8-10(15)13-5-4-12/h9H,2-3,5-8H2,1H3,(H,13,15). The fraction of sp³-hybridized carbons (Fsp3) is 0.727. The summed E-state index contributed by atoms with van der Waals surface area (Å²) in [5.41, 5.74) is 0. The molecule has 1 N–H and O–H groups in total. The highest BCUT2D eigenvalue weighted by molar-refractivity contribution is 5.78. The number of piperidine rings is 1. The van der Waals surface area contributed by atoms with Crippen molar-refractivity contribution >= 4 is 11.9 Å². The van der Waals surface area contributed by atoms with Crippen molar-refractivity contribution in [3.63, 3.8) is 0 Å². The number of esters is 1. The Hall–Kier alpha value is -1.61. The molecule has 0 aliphatic carbocycles. The predicted octanol–water partition coefficient (Wildman–Crippen LogP) is -0.489. The molecule has 0 aromatic carbocycles. The number of methoxy groups -OCH3 is 1. The molecule has 17 heavy (non-hydrogen) atoms. The van der Waals surface area contributed by atoms with Crippen LogP contribution >= 0.6 is 0 Å². The summed E-state index contributed by atoms with van der Waals surface area (Å²) >= 11 is 0. The van der Waals surface area contributed by atoms with Crippen molar-refractivity contribution in [2.75, 3.05) is 33.3 Å². The summed E-state index contributed by atoms with van der Waals surface area (Å²) in [5, 5.41) is 10.8. The monoisotopic (exact) mass is 239 g/mol. The van der Waals surface area contributed by atoms with Crippen LogP contribution in [0.15, 0.2) is 0 Å². The SMILES string of the molecule is COC(=O)C1CCN(CC(=O)NCC#N)CC1. The average molecular weight is 239 g/mol. The Bertz CT molecular complexity index is 316. The first-order valence-electron chi connectivity index (χ1n) is 5.61. The molecule has 0 saturated carbocycles. The van der Waals surface area contributed by atoms with Crippen LogP contribution in [0.1, 0.15) is 12.8 Å². The van der Waals surface area contributed by atoms with Gasteiger partial charge in [0.05, 0.1) is 25.6 Å². The van der Waals surface area contributed by atoms with E-state index in [1.165, 1.54) is 7.11 Å². The van der Waals surface area contributed by atoms with Crippen molar-refractivity contribution in [1.29, 1.82) is 5.26 Å². The molecular weight excluding hydrogens is 222 g/mol. The van der Waals surface area contributed by atoms with Gasteiger partial charge in [-0.1, -0.05) is 0 Å². The third-order valence-electron chi connectivity index (χ3n) is 2.85. The van der Waals surface area contributed by atoms with Gasteiger partial charge in [0.25, 0.3) is 0 Å². The number of nitriles is 1. The molecule has 1 aliphatic rings. The van der Waals surface area contributed by atoms with Crippen molar-refractivity contribution in [3.8, 4) is 6.07 Å². The van der Waals surface area contributed by atoms with Gasteiger partial charge < -0.3 is 10.1 Å². The molecular formula is C11H17N3O3. The van der Waals surface area contributed by atoms with E-state index in [-0.39, 0.29) is 30.9 Å². The molecule has 1 amide bonds. The molecule has 0 aromatic rings. The Labute approximate surface area is 101 Å². The third kappa shape index (κ3) is 4.41. The minimum atomic E-state index is -0.168. The second-order valence-electron chi connectivity index (χ2n) is 4.01. The van der Waals surface area contributed by atoms with E-state index in [1.807, 2.05) is 11.0 Å². The molecule has 1 heterocycles. The molecule has 1 saturated heterocycles. The summed E-state index contributed by atoms with van der Waals surface area (Å²) in [4.78, 5) is 24.6. The Morgan fingerprint density at radius 2 is 2.12 bits per heavy atom. The van der Waals surface area contributed by atoms with Gasteiger partial charge >= 0.3 is 5.97 Å². The Morgan fingerprint density at radius 3 is 2.65 bits per heavy atom. The van der Waals surface area contributed by atoms with E-state index in [0.29, 0.717) is 13.1 Å². The zero-order valence-electron chi connectivity index (χ0n) is 9.94. The highest BCUT2D eigenvalue weighted by atomic mass is 16.5. The molecule has 0 spiro atoms. The third-order valence-corrected chi connectivity index (χ3v) is 2.85. The van der Waals surface area contributed by atoms with Crippen LogP contribution in [-0.2, 0) is 14.3 Å². The number of hydrogen-bond donors (Lipinski definition) is 1. The predicted molar refractivity (Wildman–Crippen MR) is 59.8 cm³/mol. The number of hydrogen-bond acceptors (Lipinski definition) is 5. The number of carbonyl (C=O) groups excluding carboxylic acids is 2. The van der Waals surface area contributed by atoms with Crippen LogP contribution in [0.4, 0.5) is 0 Å². The van der Waals surface area contributed by atoms with Crippen LogP contribution in [-0.4, -0.2) is 50.1 Å². The molecule has 0 aromatic heterocycles. The van der Waals surface area contributed by atoms with Gasteiger partial charge in [0.15, 0.2) is 0 Å². The normalized spacial score (nSPS) is 17.2. The molecule has 94 valence electrons. The van der Waals surface area contributed by atoms with Crippen molar-refractivity contribution < 1.29 is 14.3 Å². The number of nitrogens with zero attached hydrogens (tertiary/aromatic N) is 2. The maximum Gasteiger partial charge on any atom is 0.308 e. The second-order valence-corrected chi connectivity index (χ2v) is 4.01. The lowest BCUT2D eigenvalue weighted by Crippen LogP contribution is -2.42. The van der Waals surface area contributed by atoms with Gasteiger partial charge in [0, 0.05) is 0 Å². The molecule has 0 atom stereocenters. The number of ether oxygens (including phenoxy) is 1. The molecule has 6 nitrogen and oxygen atoms in total. The van der Waals surface area contributed by atoms with Gasteiger partial charge in [-0.15, -0.1) is 0 Å². The molecule has 6 heteroatoms. The first kappa shape index (κ1) is 13.5. The zero-order valence-corrected chi connectivity index (χ0v) is 9.94. The van der Waals surface area contributed by atoms with E-state index in [1.54, 1.807) is 0 Å². The van der Waals surface area contributed by atoms with Gasteiger partial charge in [-0.05, 0) is 25.9 Å². The maximum absolute atomic E-state index is 11.3. The largest absolute Gasteiger partial charge is 0.469 e. The van der Waals surface area contributed by atoms with Crippen LogP contribution in [0.25, 0.3) is 0 Å². The number of nitrogens with one attached hydrogen (secondary N) is 1. The smallest absolute Gasteiger partial charge is 0.308 e. The number of likely N-dealkylation sites (tertiary alicyclic amines) is 1. The Balaban J connectivity index is 2.25. The van der Waals surface area contributed by atoms with Gasteiger partial charge in [0.1, 0.15) is 6.54 Å². The van der Waals surface area contributed by atoms with Gasteiger partial charge in [0.2, 0.25) is 5.91 Å². The van der Waals surface area contributed by atoms with Crippen molar-refractivity contribution in [2.24, 2.45) is 5.92 Å². The molecule has 0 bridgehead atoms. The van der Waals surface area contributed by atoms with E-state index in [4.69, 9.17) is 5.26 Å². The van der Waals surface area contributed by atoms with E-state index >= 15 is 0 Å². The lowest BCUT2D eigenvalue weighted by Gasteiger charge is -2.29. The first-order chi connectivity index (χ1) is 8.17. The van der Waals surface area contributed by atoms with Crippen LogP contribution in [0.3, 0.4) is 0 Å². The van der Waals surface area contributed by atoms with Crippen molar-refractivity contribution in [1.82, 2.24) is 10.2 Å². The summed E-state index contributed by atoms with van der Waals surface area (Å²) in [6, 6.07) is 1.85. The van der Waals surface area contributed by atoms with E-state index in [2.05, 4.69) is 10.1 Å². The first-order valence-corrected chi connectivity index (χ1v) is 5.61. The lowest BCUT2D eigenvalue weighted by atomic mass is 9.97. The summed E-state index contributed by atoms with van der Waals surface area (Å²) in [6.45, 7) is 1.74. The highest BCUT2D eigenvalue weighted by Crippen LogP contribution is 2.17. The summed E-state index contributed by atoms with van der Waals surface area (Å²) in [6.07, 6.45) is 1.44. The number of amides is 1. The molecule has 1 aliphatic heterocycles. The summed E-state index contributed by atoms with van der Waals surface area (Å²) in [7, 11) is 1.39. The van der Waals surface area contributed by atoms with E-state index in [9.17, 15) is 9.59 Å². The van der Waals surface area contributed by atoms with Crippen LogP contribution in [0.2, 0.25) is 0 Å². The molecule has 1 fully saturated rings. The summed E-state index contributed by atoms with van der Waals surface area (Å²) < 4.78 is 4.69. The van der Waals surface area contributed by atoms with Crippen molar-refractivity contribution in [3.05, 3.63) is 0 Å². The molecule has 0 radical (unpaired) electrons. The fourth-order valence-corrected chi connectivity index (χ4v) is 1.89. The van der Waals surface area contributed by atoms with E-state index in [0.717, 1.165) is 12.8 Å². The van der Waals surface area contributed by atoms with Crippen LogP contribution < -0.4 is 5.32 Å². The van der Waals surface area contributed by atoms with Gasteiger partial charge in [-0.2, -0.15) is 5.26 Å². The van der Waals surface area contributed by atoms with E-state index < -0.39 is 0 Å². The zero-order chi connectivity index (χ0) is 12.7. The van der Waals surface area contributed by atoms with Crippen LogP contribution in [0.5, 0.6) is 0 Å².